The lowest BCUT2D eigenvalue weighted by Crippen LogP contribution is -2.23. The highest BCUT2D eigenvalue weighted by Crippen LogP contribution is 2.18. The number of nitrogens with zero attached hydrogens (tertiary/aromatic N) is 3. The summed E-state index contributed by atoms with van der Waals surface area (Å²) in [6, 6.07) is 11.3. The Labute approximate surface area is 134 Å². The number of carbonyl (C=O) groups excluding carboxylic acids is 1. The van der Waals surface area contributed by atoms with Gasteiger partial charge in [-0.3, -0.25) is 9.89 Å². The number of rotatable bonds is 5. The molecule has 118 valence electrons. The SMILES string of the molecule is CCN(CC)c1ccc(NC(=O)c2n[nH]c3ccccc23)cn1. The third kappa shape index (κ3) is 3.01. The number of para-hydroxylation sites is 1. The number of hydrogen-bond donors (Lipinski definition) is 2. The second-order valence-electron chi connectivity index (χ2n) is 5.15. The Hall–Kier alpha value is -2.89. The van der Waals surface area contributed by atoms with Crippen molar-refractivity contribution in [2.75, 3.05) is 23.3 Å². The molecule has 0 saturated heterocycles. The third-order valence-electron chi connectivity index (χ3n) is 3.78. The molecule has 0 aliphatic carbocycles. The number of nitrogens with one attached hydrogen (secondary N) is 2. The number of pyridine rings is 1. The number of fused-ring (bicyclic) bond motifs is 1. The monoisotopic (exact) mass is 309 g/mol. The predicted octanol–water partition coefficient (Wildman–Crippen LogP) is 3.06. The molecular weight excluding hydrogens is 290 g/mol. The zero-order chi connectivity index (χ0) is 16.2. The second-order valence-corrected chi connectivity index (χ2v) is 5.15. The molecule has 6 heteroatoms. The summed E-state index contributed by atoms with van der Waals surface area (Å²) in [4.78, 5) is 18.9. The molecule has 3 aromatic rings. The van der Waals surface area contributed by atoms with Gasteiger partial charge in [0, 0.05) is 18.5 Å². The standard InChI is InChI=1S/C17H19N5O/c1-3-22(4-2)15-10-9-12(11-18-15)19-17(23)16-13-7-5-6-8-14(13)20-21-16/h5-11H,3-4H2,1-2H3,(H,19,23)(H,20,21). The van der Waals surface area contributed by atoms with Crippen LogP contribution in [0.3, 0.4) is 0 Å². The van der Waals surface area contributed by atoms with Gasteiger partial charge in [-0.25, -0.2) is 4.98 Å². The molecule has 1 aromatic carbocycles. The maximum Gasteiger partial charge on any atom is 0.276 e. The number of amides is 1. The molecule has 2 aromatic heterocycles. The van der Waals surface area contributed by atoms with Crippen LogP contribution in [0, 0.1) is 0 Å². The molecule has 0 unspecified atom stereocenters. The number of benzene rings is 1. The summed E-state index contributed by atoms with van der Waals surface area (Å²) in [6.07, 6.45) is 1.67. The van der Waals surface area contributed by atoms with Crippen LogP contribution in [0.4, 0.5) is 11.5 Å². The average Bonchev–Trinajstić information content (AvgIpc) is 3.01. The topological polar surface area (TPSA) is 73.9 Å². The molecule has 0 saturated carbocycles. The number of aromatic nitrogens is 3. The molecule has 0 aliphatic heterocycles. The van der Waals surface area contributed by atoms with Crippen molar-refractivity contribution in [1.29, 1.82) is 0 Å². The van der Waals surface area contributed by atoms with E-state index in [0.717, 1.165) is 29.8 Å². The fourth-order valence-corrected chi connectivity index (χ4v) is 2.52. The zero-order valence-corrected chi connectivity index (χ0v) is 13.2. The van der Waals surface area contributed by atoms with Crippen LogP contribution in [-0.4, -0.2) is 34.2 Å². The summed E-state index contributed by atoms with van der Waals surface area (Å²) in [5.74, 6) is 0.651. The largest absolute Gasteiger partial charge is 0.357 e. The molecule has 0 bridgehead atoms. The van der Waals surface area contributed by atoms with E-state index in [1.54, 1.807) is 6.20 Å². The summed E-state index contributed by atoms with van der Waals surface area (Å²) < 4.78 is 0. The van der Waals surface area contributed by atoms with Crippen molar-refractivity contribution in [3.63, 3.8) is 0 Å². The predicted molar refractivity (Wildman–Crippen MR) is 91.8 cm³/mol. The van der Waals surface area contributed by atoms with Gasteiger partial charge in [-0.15, -0.1) is 0 Å². The van der Waals surface area contributed by atoms with Gasteiger partial charge in [-0.2, -0.15) is 5.10 Å². The fraction of sp³-hybridized carbons (Fsp3) is 0.235. The molecule has 0 radical (unpaired) electrons. The quantitative estimate of drug-likeness (QED) is 0.759. The average molecular weight is 309 g/mol. The molecule has 2 N–H and O–H groups in total. The number of anilines is 2. The highest BCUT2D eigenvalue weighted by Gasteiger charge is 2.14. The Morgan fingerprint density at radius 3 is 2.65 bits per heavy atom. The van der Waals surface area contributed by atoms with E-state index < -0.39 is 0 Å². The van der Waals surface area contributed by atoms with Crippen LogP contribution in [0.5, 0.6) is 0 Å². The lowest BCUT2D eigenvalue weighted by molar-refractivity contribution is 0.102. The Morgan fingerprint density at radius 1 is 1.17 bits per heavy atom. The van der Waals surface area contributed by atoms with Crippen LogP contribution >= 0.6 is 0 Å². The molecule has 0 atom stereocenters. The van der Waals surface area contributed by atoms with Gasteiger partial charge < -0.3 is 10.2 Å². The van der Waals surface area contributed by atoms with Gasteiger partial charge in [0.05, 0.1) is 17.4 Å². The Morgan fingerprint density at radius 2 is 1.96 bits per heavy atom. The van der Waals surface area contributed by atoms with Gasteiger partial charge in [0.2, 0.25) is 0 Å². The zero-order valence-electron chi connectivity index (χ0n) is 13.2. The van der Waals surface area contributed by atoms with E-state index in [1.165, 1.54) is 0 Å². The molecule has 0 fully saturated rings. The maximum absolute atomic E-state index is 12.4. The van der Waals surface area contributed by atoms with Crippen LogP contribution in [0.1, 0.15) is 24.3 Å². The summed E-state index contributed by atoms with van der Waals surface area (Å²) in [5.41, 5.74) is 1.87. The number of carbonyl (C=O) groups is 1. The van der Waals surface area contributed by atoms with E-state index >= 15 is 0 Å². The third-order valence-corrected chi connectivity index (χ3v) is 3.78. The van der Waals surface area contributed by atoms with Crippen molar-refractivity contribution in [3.8, 4) is 0 Å². The normalized spacial score (nSPS) is 10.7. The first-order valence-electron chi connectivity index (χ1n) is 7.68. The van der Waals surface area contributed by atoms with E-state index in [9.17, 15) is 4.79 Å². The van der Waals surface area contributed by atoms with Gasteiger partial charge in [-0.05, 0) is 32.0 Å². The molecule has 1 amide bonds. The van der Waals surface area contributed by atoms with Gasteiger partial charge >= 0.3 is 0 Å². The van der Waals surface area contributed by atoms with Crippen LogP contribution in [0.2, 0.25) is 0 Å². The highest BCUT2D eigenvalue weighted by atomic mass is 16.1. The first kappa shape index (κ1) is 15.0. The van der Waals surface area contributed by atoms with Crippen molar-refractivity contribution >= 4 is 28.3 Å². The molecule has 6 nitrogen and oxygen atoms in total. The van der Waals surface area contributed by atoms with Crippen molar-refractivity contribution in [1.82, 2.24) is 15.2 Å². The van der Waals surface area contributed by atoms with Crippen LogP contribution in [-0.2, 0) is 0 Å². The number of hydrogen-bond acceptors (Lipinski definition) is 4. The summed E-state index contributed by atoms with van der Waals surface area (Å²) in [5, 5.41) is 10.6. The smallest absolute Gasteiger partial charge is 0.276 e. The maximum atomic E-state index is 12.4. The van der Waals surface area contributed by atoms with Gasteiger partial charge in [0.1, 0.15) is 5.82 Å². The van der Waals surface area contributed by atoms with Crippen molar-refractivity contribution in [2.24, 2.45) is 0 Å². The minimum absolute atomic E-state index is 0.250. The molecule has 0 aliphatic rings. The van der Waals surface area contributed by atoms with Crippen LogP contribution in [0.25, 0.3) is 10.9 Å². The summed E-state index contributed by atoms with van der Waals surface area (Å²) >= 11 is 0. The Bertz CT molecular complexity index is 805. The van der Waals surface area contributed by atoms with Crippen molar-refractivity contribution in [3.05, 3.63) is 48.3 Å². The fourth-order valence-electron chi connectivity index (χ4n) is 2.52. The minimum Gasteiger partial charge on any atom is -0.357 e. The van der Waals surface area contributed by atoms with E-state index in [4.69, 9.17) is 0 Å². The molecular formula is C17H19N5O. The molecule has 0 spiro atoms. The summed E-state index contributed by atoms with van der Waals surface area (Å²) in [7, 11) is 0. The van der Waals surface area contributed by atoms with E-state index in [1.807, 2.05) is 36.4 Å². The van der Waals surface area contributed by atoms with E-state index in [-0.39, 0.29) is 5.91 Å². The van der Waals surface area contributed by atoms with Gasteiger partial charge in [0.25, 0.3) is 5.91 Å². The lowest BCUT2D eigenvalue weighted by Gasteiger charge is -2.19. The Kier molecular flexibility index (Phi) is 4.23. The van der Waals surface area contributed by atoms with Crippen molar-refractivity contribution in [2.45, 2.75) is 13.8 Å². The number of aromatic amines is 1. The van der Waals surface area contributed by atoms with Gasteiger partial charge in [0.15, 0.2) is 5.69 Å². The minimum atomic E-state index is -0.250. The first-order chi connectivity index (χ1) is 11.2. The summed E-state index contributed by atoms with van der Waals surface area (Å²) in [6.45, 7) is 5.97. The highest BCUT2D eigenvalue weighted by molar-refractivity contribution is 6.11. The number of H-pyrrole nitrogens is 1. The van der Waals surface area contributed by atoms with Crippen LogP contribution in [0.15, 0.2) is 42.6 Å². The molecule has 2 heterocycles. The van der Waals surface area contributed by atoms with Crippen molar-refractivity contribution < 1.29 is 4.79 Å². The Balaban J connectivity index is 1.78. The van der Waals surface area contributed by atoms with Gasteiger partial charge in [-0.1, -0.05) is 18.2 Å². The van der Waals surface area contributed by atoms with E-state index in [0.29, 0.717) is 11.4 Å². The molecule has 23 heavy (non-hydrogen) atoms. The van der Waals surface area contributed by atoms with Crippen LogP contribution < -0.4 is 10.2 Å². The second kappa shape index (κ2) is 6.48. The lowest BCUT2D eigenvalue weighted by atomic mass is 10.2. The first-order valence-corrected chi connectivity index (χ1v) is 7.68. The molecule has 3 rings (SSSR count). The van der Waals surface area contributed by atoms with E-state index in [2.05, 4.69) is 39.2 Å².